The molecule has 0 atom stereocenters. The van der Waals surface area contributed by atoms with Gasteiger partial charge in [0.15, 0.2) is 0 Å². The fourth-order valence-corrected chi connectivity index (χ4v) is 1.24. The summed E-state index contributed by atoms with van der Waals surface area (Å²) < 4.78 is 0. The molecule has 0 aromatic heterocycles. The largest absolute Gasteiger partial charge is 0.396 e. The van der Waals surface area contributed by atoms with E-state index in [1.807, 2.05) is 0 Å². The van der Waals surface area contributed by atoms with E-state index in [0.717, 1.165) is 25.7 Å². The molecule has 0 aromatic carbocycles. The fraction of sp³-hybridized carbons (Fsp3) is 1.00. The van der Waals surface area contributed by atoms with Crippen molar-refractivity contribution in [1.82, 2.24) is 0 Å². The van der Waals surface area contributed by atoms with E-state index in [4.69, 9.17) is 10.2 Å². The molecule has 0 spiro atoms. The van der Waals surface area contributed by atoms with Crippen LogP contribution in [-0.4, -0.2) is 23.4 Å². The molecule has 2 N–H and O–H groups in total. The van der Waals surface area contributed by atoms with Gasteiger partial charge in [0.25, 0.3) is 0 Å². The van der Waals surface area contributed by atoms with Gasteiger partial charge in [0.2, 0.25) is 0 Å². The molecule has 0 amide bonds. The van der Waals surface area contributed by atoms with Crippen molar-refractivity contribution in [3.05, 3.63) is 0 Å². The molecular weight excluding hydrogens is 140 g/mol. The van der Waals surface area contributed by atoms with Crippen LogP contribution in [0.5, 0.6) is 0 Å². The van der Waals surface area contributed by atoms with Crippen LogP contribution >= 0.6 is 0 Å². The molecule has 0 rings (SSSR count). The Hall–Kier alpha value is -0.0800. The molecule has 0 saturated carbocycles. The van der Waals surface area contributed by atoms with Crippen molar-refractivity contribution in [3.63, 3.8) is 0 Å². The molecule has 2 heteroatoms. The number of hydrogen-bond donors (Lipinski definition) is 2. The van der Waals surface area contributed by atoms with Crippen molar-refractivity contribution in [3.8, 4) is 0 Å². The zero-order valence-electron chi connectivity index (χ0n) is 7.64. The van der Waals surface area contributed by atoms with Gasteiger partial charge in [0.05, 0.1) is 0 Å². The average molecular weight is 160 g/mol. The topological polar surface area (TPSA) is 40.5 Å². The number of rotatable bonds is 6. The van der Waals surface area contributed by atoms with Crippen LogP contribution in [0.4, 0.5) is 0 Å². The van der Waals surface area contributed by atoms with Crippen molar-refractivity contribution >= 4 is 0 Å². The normalized spacial score (nSPS) is 12.0. The second kappa shape index (κ2) is 5.56. The molecule has 0 saturated heterocycles. The van der Waals surface area contributed by atoms with E-state index in [1.54, 1.807) is 0 Å². The highest BCUT2D eigenvalue weighted by Gasteiger charge is 2.15. The van der Waals surface area contributed by atoms with E-state index >= 15 is 0 Å². The molecule has 0 aliphatic rings. The molecule has 0 aliphatic heterocycles. The zero-order chi connectivity index (χ0) is 8.74. The monoisotopic (exact) mass is 160 g/mol. The van der Waals surface area contributed by atoms with Crippen LogP contribution in [0.25, 0.3) is 0 Å². The first-order valence-corrected chi connectivity index (χ1v) is 4.34. The molecule has 0 heterocycles. The van der Waals surface area contributed by atoms with Gasteiger partial charge in [-0.3, -0.25) is 0 Å². The average Bonchev–Trinajstić information content (AvgIpc) is 1.97. The number of aliphatic hydroxyl groups is 2. The Morgan fingerprint density at radius 1 is 0.909 bits per heavy atom. The summed E-state index contributed by atoms with van der Waals surface area (Å²) in [6, 6.07) is 0. The highest BCUT2D eigenvalue weighted by molar-refractivity contribution is 4.67. The number of aliphatic hydroxyl groups excluding tert-OH is 2. The molecule has 68 valence electrons. The van der Waals surface area contributed by atoms with Crippen LogP contribution in [-0.2, 0) is 0 Å². The van der Waals surface area contributed by atoms with Crippen LogP contribution in [0.2, 0.25) is 0 Å². The van der Waals surface area contributed by atoms with E-state index in [0.29, 0.717) is 0 Å². The Morgan fingerprint density at radius 3 is 1.55 bits per heavy atom. The van der Waals surface area contributed by atoms with Crippen molar-refractivity contribution in [2.75, 3.05) is 13.2 Å². The summed E-state index contributed by atoms with van der Waals surface area (Å²) in [5.74, 6) is 0. The van der Waals surface area contributed by atoms with Gasteiger partial charge in [0.1, 0.15) is 0 Å². The molecule has 0 radical (unpaired) electrons. The Morgan fingerprint density at radius 2 is 1.27 bits per heavy atom. The van der Waals surface area contributed by atoms with Gasteiger partial charge in [-0.15, -0.1) is 0 Å². The number of hydrogen-bond acceptors (Lipinski definition) is 2. The minimum Gasteiger partial charge on any atom is -0.396 e. The molecule has 2 nitrogen and oxygen atoms in total. The van der Waals surface area contributed by atoms with Crippen molar-refractivity contribution in [2.24, 2.45) is 5.41 Å². The van der Waals surface area contributed by atoms with Gasteiger partial charge < -0.3 is 10.2 Å². The summed E-state index contributed by atoms with van der Waals surface area (Å²) in [4.78, 5) is 0. The van der Waals surface area contributed by atoms with E-state index in [9.17, 15) is 0 Å². The maximum Gasteiger partial charge on any atom is 0.0431 e. The summed E-state index contributed by atoms with van der Waals surface area (Å²) in [7, 11) is 0. The first-order chi connectivity index (χ1) is 5.12. The fourth-order valence-electron chi connectivity index (χ4n) is 1.24. The standard InChI is InChI=1S/C9H20O2/c1-9(2,5-3-7-10)6-4-8-11/h10-11H,3-8H2,1-2H3. The minimum atomic E-state index is 0.280. The summed E-state index contributed by atoms with van der Waals surface area (Å²) in [6.45, 7) is 4.92. The maximum atomic E-state index is 8.61. The summed E-state index contributed by atoms with van der Waals surface area (Å²) in [5, 5.41) is 17.2. The Balaban J connectivity index is 3.43. The van der Waals surface area contributed by atoms with Gasteiger partial charge in [-0.1, -0.05) is 13.8 Å². The highest BCUT2D eigenvalue weighted by atomic mass is 16.3. The smallest absolute Gasteiger partial charge is 0.0431 e. The van der Waals surface area contributed by atoms with Crippen LogP contribution in [0.15, 0.2) is 0 Å². The predicted molar refractivity (Wildman–Crippen MR) is 46.4 cm³/mol. The first kappa shape index (κ1) is 10.9. The van der Waals surface area contributed by atoms with Gasteiger partial charge in [-0.05, 0) is 31.1 Å². The third kappa shape index (κ3) is 6.32. The van der Waals surface area contributed by atoms with Gasteiger partial charge in [-0.25, -0.2) is 0 Å². The second-order valence-electron chi connectivity index (χ2n) is 3.82. The first-order valence-electron chi connectivity index (χ1n) is 4.34. The third-order valence-electron chi connectivity index (χ3n) is 2.02. The summed E-state index contributed by atoms with van der Waals surface area (Å²) in [6.07, 6.45) is 3.84. The van der Waals surface area contributed by atoms with E-state index < -0.39 is 0 Å². The lowest BCUT2D eigenvalue weighted by Crippen LogP contribution is -2.12. The molecule has 0 unspecified atom stereocenters. The van der Waals surface area contributed by atoms with Crippen molar-refractivity contribution in [1.29, 1.82) is 0 Å². The van der Waals surface area contributed by atoms with Crippen molar-refractivity contribution < 1.29 is 10.2 Å². The van der Waals surface area contributed by atoms with E-state index in [2.05, 4.69) is 13.8 Å². The predicted octanol–water partition coefficient (Wildman–Crippen LogP) is 1.56. The van der Waals surface area contributed by atoms with Gasteiger partial charge in [0, 0.05) is 13.2 Å². The van der Waals surface area contributed by atoms with E-state index in [1.165, 1.54) is 0 Å². The lowest BCUT2D eigenvalue weighted by atomic mass is 9.83. The molecule has 11 heavy (non-hydrogen) atoms. The van der Waals surface area contributed by atoms with Crippen LogP contribution in [0.1, 0.15) is 39.5 Å². The highest BCUT2D eigenvalue weighted by Crippen LogP contribution is 2.27. The quantitative estimate of drug-likeness (QED) is 0.619. The zero-order valence-corrected chi connectivity index (χ0v) is 7.64. The van der Waals surface area contributed by atoms with Gasteiger partial charge >= 0.3 is 0 Å². The van der Waals surface area contributed by atoms with Crippen LogP contribution in [0.3, 0.4) is 0 Å². The molecule has 0 aliphatic carbocycles. The Kier molecular flexibility index (Phi) is 5.51. The van der Waals surface area contributed by atoms with Crippen LogP contribution in [0, 0.1) is 5.41 Å². The minimum absolute atomic E-state index is 0.280. The molecule has 0 fully saturated rings. The molecule has 0 bridgehead atoms. The van der Waals surface area contributed by atoms with Crippen molar-refractivity contribution in [2.45, 2.75) is 39.5 Å². The SMILES string of the molecule is CC(C)(CCCO)CCCO. The maximum absolute atomic E-state index is 8.61. The molecular formula is C9H20O2. The second-order valence-corrected chi connectivity index (χ2v) is 3.82. The lowest BCUT2D eigenvalue weighted by molar-refractivity contribution is 0.207. The lowest BCUT2D eigenvalue weighted by Gasteiger charge is -2.23. The third-order valence-corrected chi connectivity index (χ3v) is 2.02. The van der Waals surface area contributed by atoms with Crippen LogP contribution < -0.4 is 0 Å². The molecule has 0 aromatic rings. The Bertz CT molecular complexity index is 79.6. The Labute approximate surface area is 69.2 Å². The van der Waals surface area contributed by atoms with Gasteiger partial charge in [-0.2, -0.15) is 0 Å². The summed E-state index contributed by atoms with van der Waals surface area (Å²) in [5.41, 5.74) is 0.283. The van der Waals surface area contributed by atoms with E-state index in [-0.39, 0.29) is 18.6 Å². The summed E-state index contributed by atoms with van der Waals surface area (Å²) >= 11 is 0.